The molecule has 4 aromatic rings. The van der Waals surface area contributed by atoms with Gasteiger partial charge in [-0.05, 0) is 29.5 Å². The SMILES string of the molecule is C[N+]1(CC2=C(C(=O)O)N3C(=O)C(NC(=O)C(=NOC4CCCCO4)c4csc(NC(c5ccccc5)(c5ccccc5)c5ccccc5)n4)[C@@H]3SC2)CCCC1. The number of nitrogens with one attached hydrogen (secondary N) is 2. The Kier molecular flexibility index (Phi) is 11.0. The molecule has 3 aromatic carbocycles. The summed E-state index contributed by atoms with van der Waals surface area (Å²) in [6, 6.07) is 29.5. The van der Waals surface area contributed by atoms with Gasteiger partial charge in [0.2, 0.25) is 6.29 Å². The number of hydrogen-bond donors (Lipinski definition) is 3. The maximum atomic E-state index is 14.2. The number of hydrogen-bond acceptors (Lipinski definition) is 10. The van der Waals surface area contributed by atoms with Crippen LogP contribution in [0.25, 0.3) is 0 Å². The lowest BCUT2D eigenvalue weighted by Gasteiger charge is -2.49. The molecule has 0 bridgehead atoms. The largest absolute Gasteiger partial charge is 0.477 e. The zero-order valence-electron chi connectivity index (χ0n) is 31.1. The number of anilines is 1. The van der Waals surface area contributed by atoms with Crippen LogP contribution in [0.5, 0.6) is 0 Å². The molecule has 3 N–H and O–H groups in total. The van der Waals surface area contributed by atoms with E-state index in [4.69, 9.17) is 14.6 Å². The minimum absolute atomic E-state index is 0.0381. The summed E-state index contributed by atoms with van der Waals surface area (Å²) < 4.78 is 6.51. The molecule has 0 spiro atoms. The van der Waals surface area contributed by atoms with Crippen LogP contribution in [0.15, 0.2) is 113 Å². The summed E-state index contributed by atoms with van der Waals surface area (Å²) in [6.07, 6.45) is 4.01. The number of carbonyl (C=O) groups is 3. The maximum Gasteiger partial charge on any atom is 0.352 e. The minimum atomic E-state index is -1.13. The summed E-state index contributed by atoms with van der Waals surface area (Å²) in [5, 5.41) is 22.9. The molecule has 2 unspecified atom stereocenters. The van der Waals surface area contributed by atoms with Gasteiger partial charge in [0.1, 0.15) is 34.9 Å². The van der Waals surface area contributed by atoms with E-state index in [0.29, 0.717) is 30.5 Å². The van der Waals surface area contributed by atoms with Crippen molar-refractivity contribution in [2.75, 3.05) is 44.4 Å². The number of aromatic nitrogens is 1. The third kappa shape index (κ3) is 7.46. The molecule has 290 valence electrons. The van der Waals surface area contributed by atoms with Crippen LogP contribution in [-0.4, -0.2) is 99.7 Å². The van der Waals surface area contributed by atoms with Gasteiger partial charge in [-0.1, -0.05) is 96.2 Å². The van der Waals surface area contributed by atoms with E-state index < -0.39 is 41.0 Å². The first kappa shape index (κ1) is 37.9. The highest BCUT2D eigenvalue weighted by Crippen LogP contribution is 2.42. The predicted octanol–water partition coefficient (Wildman–Crippen LogP) is 5.77. The van der Waals surface area contributed by atoms with Crippen molar-refractivity contribution in [1.82, 2.24) is 15.2 Å². The molecule has 3 atom stereocenters. The molecule has 3 saturated heterocycles. The number of carboxylic acid groups (broad SMARTS) is 1. The van der Waals surface area contributed by atoms with Crippen LogP contribution in [0.4, 0.5) is 5.13 Å². The standard InChI is InChI=1S/C42H44N6O6S2/c1-48(22-12-13-23-48)25-28-26-55-39-35(38(50)47(39)36(28)40(51)52)44-37(49)34(46-54-33-21-11-14-24-53-33)32-27-56-41(43-32)45-42(29-15-5-2-6-16-29,30-17-7-3-8-18-30)31-19-9-4-10-20-31/h2-10,15-20,27,33,35,39H,11-14,21-26H2,1H3,(H2-,43,44,45,49,51,52)/p+1/t33?,35?,39-/m0/s1. The quantitative estimate of drug-likeness (QED) is 0.0506. The number of thioether (sulfide) groups is 1. The fourth-order valence-electron chi connectivity index (χ4n) is 8.22. The van der Waals surface area contributed by atoms with Crippen molar-refractivity contribution in [3.05, 3.63) is 130 Å². The Balaban J connectivity index is 1.09. The average Bonchev–Trinajstić information content (AvgIpc) is 3.89. The summed E-state index contributed by atoms with van der Waals surface area (Å²) in [6.45, 7) is 3.07. The first-order chi connectivity index (χ1) is 27.3. The van der Waals surface area contributed by atoms with Gasteiger partial charge in [0.05, 0.1) is 26.7 Å². The molecular weight excluding hydrogens is 749 g/mol. The van der Waals surface area contributed by atoms with Gasteiger partial charge in [-0.25, -0.2) is 9.78 Å². The summed E-state index contributed by atoms with van der Waals surface area (Å²) in [5.74, 6) is -1.78. The summed E-state index contributed by atoms with van der Waals surface area (Å²) in [7, 11) is 2.14. The van der Waals surface area contributed by atoms with Gasteiger partial charge >= 0.3 is 5.97 Å². The molecule has 0 saturated carbocycles. The molecule has 4 aliphatic heterocycles. The molecule has 2 amide bonds. The van der Waals surface area contributed by atoms with Crippen molar-refractivity contribution in [3.63, 3.8) is 0 Å². The lowest BCUT2D eigenvalue weighted by atomic mass is 9.77. The number of thiazole rings is 1. The zero-order chi connectivity index (χ0) is 38.7. The number of rotatable bonds is 13. The average molecular weight is 794 g/mol. The highest BCUT2D eigenvalue weighted by Gasteiger charge is 2.55. The number of carbonyl (C=O) groups excluding carboxylic acids is 2. The third-order valence-corrected chi connectivity index (χ3v) is 13.1. The molecule has 14 heteroatoms. The zero-order valence-corrected chi connectivity index (χ0v) is 32.8. The fourth-order valence-corrected chi connectivity index (χ4v) is 10.3. The van der Waals surface area contributed by atoms with Crippen LogP contribution in [0, 0.1) is 0 Å². The van der Waals surface area contributed by atoms with Gasteiger partial charge in [-0.15, -0.1) is 23.1 Å². The normalized spacial score (nSPS) is 22.2. The van der Waals surface area contributed by atoms with E-state index >= 15 is 0 Å². The summed E-state index contributed by atoms with van der Waals surface area (Å²) >= 11 is 2.79. The van der Waals surface area contributed by atoms with Crippen molar-refractivity contribution in [2.24, 2.45) is 5.16 Å². The van der Waals surface area contributed by atoms with Gasteiger partial charge in [0, 0.05) is 36.0 Å². The molecule has 4 aliphatic rings. The molecule has 8 rings (SSSR count). The Labute approximate surface area is 334 Å². The molecule has 3 fully saturated rings. The Morgan fingerprint density at radius 1 is 0.964 bits per heavy atom. The highest BCUT2D eigenvalue weighted by atomic mass is 32.2. The van der Waals surface area contributed by atoms with E-state index in [0.717, 1.165) is 65.5 Å². The van der Waals surface area contributed by atoms with E-state index in [-0.39, 0.29) is 17.1 Å². The van der Waals surface area contributed by atoms with Crippen LogP contribution in [0.3, 0.4) is 0 Å². The Morgan fingerprint density at radius 2 is 1.59 bits per heavy atom. The van der Waals surface area contributed by atoms with Crippen LogP contribution >= 0.6 is 23.1 Å². The van der Waals surface area contributed by atoms with Crippen LogP contribution in [0.1, 0.15) is 54.5 Å². The molecule has 56 heavy (non-hydrogen) atoms. The van der Waals surface area contributed by atoms with Gasteiger partial charge in [0.25, 0.3) is 11.8 Å². The van der Waals surface area contributed by atoms with Crippen molar-refractivity contribution in [1.29, 1.82) is 0 Å². The third-order valence-electron chi connectivity index (χ3n) is 11.0. The lowest BCUT2D eigenvalue weighted by Crippen LogP contribution is -2.71. The fraction of sp³-hybridized carbons (Fsp3) is 0.357. The second-order valence-electron chi connectivity index (χ2n) is 14.9. The molecule has 5 heterocycles. The number of fused-ring (bicyclic) bond motifs is 1. The topological polar surface area (TPSA) is 142 Å². The van der Waals surface area contributed by atoms with E-state index in [1.165, 1.54) is 28.0 Å². The van der Waals surface area contributed by atoms with E-state index in [2.05, 4.69) is 59.2 Å². The van der Waals surface area contributed by atoms with Crippen LogP contribution < -0.4 is 10.6 Å². The minimum Gasteiger partial charge on any atom is -0.477 e. The number of aliphatic carboxylic acids is 1. The second kappa shape index (κ2) is 16.2. The van der Waals surface area contributed by atoms with Gasteiger partial charge in [-0.2, -0.15) is 0 Å². The number of likely N-dealkylation sites (N-methyl/N-ethyl adjacent to an activating group) is 1. The van der Waals surface area contributed by atoms with Gasteiger partial charge in [0.15, 0.2) is 10.8 Å². The number of benzene rings is 3. The molecule has 12 nitrogen and oxygen atoms in total. The van der Waals surface area contributed by atoms with E-state index in [9.17, 15) is 19.5 Å². The Hall–Kier alpha value is -5.02. The molecule has 0 aliphatic carbocycles. The van der Waals surface area contributed by atoms with Gasteiger partial charge < -0.3 is 29.8 Å². The highest BCUT2D eigenvalue weighted by molar-refractivity contribution is 8.00. The van der Waals surface area contributed by atoms with Gasteiger partial charge in [-0.3, -0.25) is 14.5 Å². The Morgan fingerprint density at radius 3 is 2.16 bits per heavy atom. The summed E-state index contributed by atoms with van der Waals surface area (Å²) in [4.78, 5) is 52.6. The Bertz CT molecular complexity index is 2020. The number of ether oxygens (including phenoxy) is 1. The van der Waals surface area contributed by atoms with Crippen molar-refractivity contribution < 1.29 is 33.5 Å². The number of β-lactam (4-membered cyclic amide) rings is 1. The lowest BCUT2D eigenvalue weighted by molar-refractivity contribution is -0.893. The smallest absolute Gasteiger partial charge is 0.352 e. The maximum absolute atomic E-state index is 14.2. The van der Waals surface area contributed by atoms with Crippen molar-refractivity contribution in [2.45, 2.75) is 55.3 Å². The number of amides is 2. The van der Waals surface area contributed by atoms with Crippen LogP contribution in [-0.2, 0) is 29.5 Å². The number of oxime groups is 1. The van der Waals surface area contributed by atoms with Crippen LogP contribution in [0.2, 0.25) is 0 Å². The first-order valence-electron chi connectivity index (χ1n) is 19.1. The number of likely N-dealkylation sites (tertiary alicyclic amines) is 1. The second-order valence-corrected chi connectivity index (χ2v) is 16.9. The molecular formula is C42H45N6O6S2+. The van der Waals surface area contributed by atoms with Crippen molar-refractivity contribution in [3.8, 4) is 0 Å². The van der Waals surface area contributed by atoms with E-state index in [1.807, 2.05) is 54.6 Å². The number of quaternary nitrogens is 1. The van der Waals surface area contributed by atoms with Crippen molar-refractivity contribution >= 4 is 51.7 Å². The number of nitrogens with zero attached hydrogens (tertiary/aromatic N) is 4. The number of carboxylic acids is 1. The molecule has 0 radical (unpaired) electrons. The van der Waals surface area contributed by atoms with E-state index in [1.54, 1.807) is 5.38 Å². The monoisotopic (exact) mass is 793 g/mol. The molecule has 1 aromatic heterocycles. The summed E-state index contributed by atoms with van der Waals surface area (Å²) in [5.41, 5.74) is 3.06. The first-order valence-corrected chi connectivity index (χ1v) is 21.0. The predicted molar refractivity (Wildman–Crippen MR) is 216 cm³/mol.